The molecule has 2 saturated heterocycles. The predicted molar refractivity (Wildman–Crippen MR) is 223 cm³/mol. The van der Waals surface area contributed by atoms with Crippen LogP contribution in [-0.2, 0) is 38.8 Å². The lowest BCUT2D eigenvalue weighted by Crippen LogP contribution is -2.57. The first-order valence-corrected chi connectivity index (χ1v) is 21.2. The lowest BCUT2D eigenvalue weighted by atomic mass is 9.99. The second kappa shape index (κ2) is 21.9. The van der Waals surface area contributed by atoms with Crippen molar-refractivity contribution in [3.63, 3.8) is 0 Å². The van der Waals surface area contributed by atoms with Crippen LogP contribution in [0.15, 0.2) is 52.3 Å². The Kier molecular flexibility index (Phi) is 15.9. The maximum absolute atomic E-state index is 13.6. The van der Waals surface area contributed by atoms with Crippen LogP contribution in [0.5, 0.6) is 0 Å². The van der Waals surface area contributed by atoms with Crippen molar-refractivity contribution in [2.24, 2.45) is 0 Å². The Balaban J connectivity index is 0.844. The van der Waals surface area contributed by atoms with Crippen LogP contribution in [0.1, 0.15) is 100 Å². The van der Waals surface area contributed by atoms with Gasteiger partial charge in [0.25, 0.3) is 10.9 Å². The van der Waals surface area contributed by atoms with Gasteiger partial charge in [0.1, 0.15) is 34.8 Å². The van der Waals surface area contributed by atoms with E-state index >= 15 is 0 Å². The minimum absolute atomic E-state index is 0.00946. The summed E-state index contributed by atoms with van der Waals surface area (Å²) < 4.78 is 3.49. The molecule has 19 nitrogen and oxygen atoms in total. The number of likely N-dealkylation sites (N-methyl/N-ethyl adjacent to an activating group) is 1. The molecular formula is C41H57N13O6. The maximum Gasteiger partial charge on any atom is 0.253 e. The molecule has 2 fully saturated rings. The Morgan fingerprint density at radius 3 is 2.17 bits per heavy atom. The minimum Gasteiger partial charge on any atom is -0.380 e. The molecule has 0 aliphatic carbocycles. The zero-order valence-corrected chi connectivity index (χ0v) is 34.2. The van der Waals surface area contributed by atoms with E-state index in [0.717, 1.165) is 69.8 Å². The highest BCUT2D eigenvalue weighted by Gasteiger charge is 2.43. The largest absolute Gasteiger partial charge is 0.380 e. The third-order valence-corrected chi connectivity index (χ3v) is 11.2. The quantitative estimate of drug-likeness (QED) is 0.0330. The summed E-state index contributed by atoms with van der Waals surface area (Å²) in [4.78, 5) is 76.6. The monoisotopic (exact) mass is 827 g/mol. The molecule has 6 rings (SSSR count). The Morgan fingerprint density at radius 2 is 1.48 bits per heavy atom. The van der Waals surface area contributed by atoms with Gasteiger partial charge in [-0.25, -0.2) is 0 Å². The van der Waals surface area contributed by atoms with Crippen LogP contribution < -0.4 is 42.8 Å². The molecule has 4 amide bonds. The van der Waals surface area contributed by atoms with Crippen LogP contribution >= 0.6 is 0 Å². The zero-order valence-electron chi connectivity index (χ0n) is 34.2. The van der Waals surface area contributed by atoms with Gasteiger partial charge in [0.15, 0.2) is 0 Å². The van der Waals surface area contributed by atoms with E-state index < -0.39 is 22.9 Å². The third kappa shape index (κ3) is 11.4. The molecule has 6 N–H and O–H groups in total. The molecule has 4 heterocycles. The molecule has 0 spiro atoms. The molecule has 4 unspecified atom stereocenters. The van der Waals surface area contributed by atoms with Gasteiger partial charge in [-0.1, -0.05) is 53.6 Å². The Bertz CT molecular complexity index is 2090. The van der Waals surface area contributed by atoms with E-state index in [2.05, 4.69) is 52.5 Å². The fourth-order valence-corrected chi connectivity index (χ4v) is 8.08. The fraction of sp³-hybridized carbons (Fsp3) is 0.561. The molecule has 0 saturated carbocycles. The van der Waals surface area contributed by atoms with Crippen molar-refractivity contribution in [3.05, 3.63) is 80.1 Å². The number of hydrogen-bond donors (Lipinski definition) is 6. The summed E-state index contributed by atoms with van der Waals surface area (Å²) in [6.45, 7) is 2.71. The first-order chi connectivity index (χ1) is 29.3. The van der Waals surface area contributed by atoms with Crippen molar-refractivity contribution in [2.45, 2.75) is 121 Å². The number of carbonyl (C=O) groups is 4. The molecule has 2 aromatic carbocycles. The Morgan fingerprint density at radius 1 is 0.817 bits per heavy atom. The van der Waals surface area contributed by atoms with E-state index in [1.54, 1.807) is 27.5 Å². The number of nitrogens with zero attached hydrogens (tertiary/aromatic N) is 7. The van der Waals surface area contributed by atoms with E-state index in [9.17, 15) is 28.8 Å². The van der Waals surface area contributed by atoms with E-state index in [1.165, 1.54) is 0 Å². The molecule has 60 heavy (non-hydrogen) atoms. The lowest BCUT2D eigenvalue weighted by molar-refractivity contribution is -0.144. The molecule has 4 atom stereocenters. The number of fused-ring (bicyclic) bond motifs is 1. The predicted octanol–water partition coefficient (Wildman–Crippen LogP) is 1.12. The molecule has 0 radical (unpaired) electrons. The topological polar surface area (TPSA) is 239 Å². The Labute approximate surface area is 348 Å². The molecule has 4 aromatic rings. The number of anilines is 2. The van der Waals surface area contributed by atoms with Gasteiger partial charge >= 0.3 is 0 Å². The van der Waals surface area contributed by atoms with E-state index in [4.69, 9.17) is 0 Å². The normalized spacial score (nSPS) is 18.3. The van der Waals surface area contributed by atoms with Gasteiger partial charge in [-0.05, 0) is 76.8 Å². The van der Waals surface area contributed by atoms with Crippen molar-refractivity contribution >= 4 is 35.5 Å². The van der Waals surface area contributed by atoms with Crippen molar-refractivity contribution in [1.82, 2.24) is 56.2 Å². The molecule has 2 aliphatic rings. The van der Waals surface area contributed by atoms with Gasteiger partial charge in [-0.3, -0.25) is 38.1 Å². The standard InChI is InChI=1S/C41H57N13O6/c1-42-24-34(56)47-31-16-8-7-15-30-17-18-33(54(30)41(31)60)40(59)45-23-29-25-52(50-48-29)21-11-3-9-19-43-36-37(39(58)38(36)57)44-20-10-4-12-22-53-26-32(49-51-53)35(46-27-55)28-13-5-2-6-14-28/h2,5-6,13-14,25-27,30-31,33,35,42-44H,3-4,7-12,15-24H2,1H3,(H,45,59)(H,46,55)(H,47,56). The lowest BCUT2D eigenvalue weighted by Gasteiger charge is -2.35. The van der Waals surface area contributed by atoms with Gasteiger partial charge < -0.3 is 36.8 Å². The van der Waals surface area contributed by atoms with Crippen LogP contribution in [0.3, 0.4) is 0 Å². The average Bonchev–Trinajstić information content (AvgIpc) is 4.03. The number of rotatable bonds is 24. The van der Waals surface area contributed by atoms with E-state index in [-0.39, 0.29) is 42.9 Å². The van der Waals surface area contributed by atoms with Crippen LogP contribution in [0, 0.1) is 0 Å². The first-order valence-electron chi connectivity index (χ1n) is 21.2. The molecule has 19 heteroatoms. The first kappa shape index (κ1) is 43.6. The van der Waals surface area contributed by atoms with Crippen LogP contribution in [0.2, 0.25) is 0 Å². The number of aromatic nitrogens is 6. The average molecular weight is 828 g/mol. The third-order valence-electron chi connectivity index (χ3n) is 11.2. The molecule has 2 aliphatic heterocycles. The number of aryl methyl sites for hydroxylation is 2. The van der Waals surface area contributed by atoms with Gasteiger partial charge in [0, 0.05) is 32.2 Å². The van der Waals surface area contributed by atoms with Gasteiger partial charge in [0.2, 0.25) is 24.1 Å². The van der Waals surface area contributed by atoms with Crippen LogP contribution in [0.25, 0.3) is 0 Å². The molecular weight excluding hydrogens is 771 g/mol. The number of amides is 4. The minimum atomic E-state index is -0.635. The highest BCUT2D eigenvalue weighted by atomic mass is 16.2. The SMILES string of the molecule is CNCC(=O)NC1CCCCC2CCC(C(=O)NCc3cn(CCCCCNc4c(NCCCCCn5cc(C(NC=O)c6ccccc6)nn5)c(=O)c4=O)nn3)N2C1=O. The smallest absolute Gasteiger partial charge is 0.253 e. The van der Waals surface area contributed by atoms with E-state index in [1.807, 2.05) is 36.5 Å². The number of benzene rings is 1. The number of nitrogens with one attached hydrogen (secondary N) is 6. The van der Waals surface area contributed by atoms with E-state index in [0.29, 0.717) is 68.2 Å². The number of unbranched alkanes of at least 4 members (excludes halogenated alkanes) is 4. The summed E-state index contributed by atoms with van der Waals surface area (Å²) >= 11 is 0. The highest BCUT2D eigenvalue weighted by Crippen LogP contribution is 2.31. The van der Waals surface area contributed by atoms with Crippen LogP contribution in [0.4, 0.5) is 11.4 Å². The zero-order chi connectivity index (χ0) is 42.3. The molecule has 322 valence electrons. The molecule has 0 bridgehead atoms. The Hall–Kier alpha value is -5.98. The summed E-state index contributed by atoms with van der Waals surface area (Å²) in [6, 6.07) is 7.98. The van der Waals surface area contributed by atoms with Gasteiger partial charge in [-0.2, -0.15) is 0 Å². The maximum atomic E-state index is 13.6. The van der Waals surface area contributed by atoms with Gasteiger partial charge in [0.05, 0.1) is 31.5 Å². The summed E-state index contributed by atoms with van der Waals surface area (Å²) in [5.74, 6) is -0.656. The second-order valence-corrected chi connectivity index (χ2v) is 15.5. The summed E-state index contributed by atoms with van der Waals surface area (Å²) in [5, 5.41) is 34.5. The van der Waals surface area contributed by atoms with Crippen molar-refractivity contribution in [1.29, 1.82) is 0 Å². The summed E-state index contributed by atoms with van der Waals surface area (Å²) in [5.41, 5.74) is 1.88. The highest BCUT2D eigenvalue weighted by molar-refractivity contribution is 5.93. The summed E-state index contributed by atoms with van der Waals surface area (Å²) in [6.07, 6.45) is 13.8. The van der Waals surface area contributed by atoms with Crippen molar-refractivity contribution < 1.29 is 19.2 Å². The van der Waals surface area contributed by atoms with Crippen molar-refractivity contribution in [3.8, 4) is 0 Å². The fourth-order valence-electron chi connectivity index (χ4n) is 8.08. The van der Waals surface area contributed by atoms with Crippen LogP contribution in [-0.4, -0.2) is 104 Å². The summed E-state index contributed by atoms with van der Waals surface area (Å²) in [7, 11) is 1.68. The van der Waals surface area contributed by atoms with Gasteiger partial charge in [-0.15, -0.1) is 10.2 Å². The number of hydrogen-bond acceptors (Lipinski definition) is 13. The number of carbonyl (C=O) groups excluding carboxylic acids is 4. The van der Waals surface area contributed by atoms with Crippen molar-refractivity contribution in [2.75, 3.05) is 37.3 Å². The molecule has 2 aromatic heterocycles. The second-order valence-electron chi connectivity index (χ2n) is 15.5.